The lowest BCUT2D eigenvalue weighted by Gasteiger charge is -2.18. The molecule has 4 rings (SSSR count). The summed E-state index contributed by atoms with van der Waals surface area (Å²) in [5.74, 6) is 1.12. The summed E-state index contributed by atoms with van der Waals surface area (Å²) in [7, 11) is 0. The van der Waals surface area contributed by atoms with Gasteiger partial charge in [-0.25, -0.2) is 9.97 Å². The van der Waals surface area contributed by atoms with Crippen LogP contribution in [-0.4, -0.2) is 35.9 Å². The lowest BCUT2D eigenvalue weighted by atomic mass is 10.0. The van der Waals surface area contributed by atoms with Crippen LogP contribution in [0.15, 0.2) is 49.1 Å². The van der Waals surface area contributed by atoms with Crippen LogP contribution in [0.3, 0.4) is 0 Å². The van der Waals surface area contributed by atoms with E-state index in [0.29, 0.717) is 30.3 Å². The molecule has 10 heteroatoms. The number of hydrogen-bond acceptors (Lipinski definition) is 7. The number of carbonyl (C=O) groups excluding carboxylic acids is 1. The number of nitrogens with one attached hydrogen (secondary N) is 3. The monoisotopic (exact) mass is 459 g/mol. The van der Waals surface area contributed by atoms with Crippen molar-refractivity contribution in [3.8, 4) is 11.3 Å². The fourth-order valence-electron chi connectivity index (χ4n) is 3.38. The maximum Gasteiger partial charge on any atom is 0.254 e. The third-order valence-corrected chi connectivity index (χ3v) is 5.38. The van der Waals surface area contributed by atoms with Crippen molar-refractivity contribution in [2.45, 2.75) is 46.3 Å². The van der Waals surface area contributed by atoms with Crippen LogP contribution in [-0.2, 0) is 18.6 Å². The minimum atomic E-state index is -0.174. The first-order valence-electron chi connectivity index (χ1n) is 11.0. The zero-order valence-electron chi connectivity index (χ0n) is 19.8. The highest BCUT2D eigenvalue weighted by molar-refractivity contribution is 5.93. The average molecular weight is 460 g/mol. The maximum atomic E-state index is 12.6. The Morgan fingerprint density at radius 3 is 2.65 bits per heavy atom. The summed E-state index contributed by atoms with van der Waals surface area (Å²) in [6.45, 7) is 8.94. The molecule has 0 radical (unpaired) electrons. The van der Waals surface area contributed by atoms with Crippen molar-refractivity contribution < 1.29 is 4.79 Å². The highest BCUT2D eigenvalue weighted by Gasteiger charge is 2.17. The van der Waals surface area contributed by atoms with Gasteiger partial charge < -0.3 is 16.4 Å². The van der Waals surface area contributed by atoms with E-state index in [1.807, 2.05) is 58.0 Å². The van der Waals surface area contributed by atoms with Crippen LogP contribution in [0.2, 0.25) is 0 Å². The molecule has 0 aliphatic carbocycles. The Morgan fingerprint density at radius 2 is 1.97 bits per heavy atom. The van der Waals surface area contributed by atoms with E-state index in [0.717, 1.165) is 28.1 Å². The number of aromatic nitrogens is 6. The third kappa shape index (κ3) is 5.29. The maximum absolute atomic E-state index is 12.6. The second-order valence-electron chi connectivity index (χ2n) is 9.06. The molecule has 176 valence electrons. The van der Waals surface area contributed by atoms with Crippen molar-refractivity contribution in [3.05, 3.63) is 71.4 Å². The lowest BCUT2D eigenvalue weighted by molar-refractivity contribution is 0.0950. The molecular formula is C24H29N9O. The average Bonchev–Trinajstić information content (AvgIpc) is 3.48. The van der Waals surface area contributed by atoms with Crippen LogP contribution in [0, 0.1) is 6.92 Å². The normalized spacial score (nSPS) is 11.4. The van der Waals surface area contributed by atoms with Gasteiger partial charge in [-0.05, 0) is 44.9 Å². The molecule has 3 heterocycles. The number of aromatic amines is 1. The second kappa shape index (κ2) is 9.44. The van der Waals surface area contributed by atoms with Crippen molar-refractivity contribution in [3.63, 3.8) is 0 Å². The van der Waals surface area contributed by atoms with Crippen molar-refractivity contribution >= 4 is 17.5 Å². The van der Waals surface area contributed by atoms with Gasteiger partial charge in [0.15, 0.2) is 5.82 Å². The van der Waals surface area contributed by atoms with Crippen molar-refractivity contribution in [2.75, 3.05) is 5.32 Å². The van der Waals surface area contributed by atoms with E-state index in [1.165, 1.54) is 6.33 Å². The number of benzene rings is 1. The lowest BCUT2D eigenvalue weighted by Crippen LogP contribution is -2.24. The van der Waals surface area contributed by atoms with Gasteiger partial charge in [0.1, 0.15) is 12.1 Å². The van der Waals surface area contributed by atoms with Crippen LogP contribution in [0.25, 0.3) is 11.3 Å². The molecular weight excluding hydrogens is 430 g/mol. The van der Waals surface area contributed by atoms with Crippen molar-refractivity contribution in [2.24, 2.45) is 5.73 Å². The van der Waals surface area contributed by atoms with Crippen LogP contribution >= 0.6 is 0 Å². The van der Waals surface area contributed by atoms with Crippen LogP contribution in [0.4, 0.5) is 11.6 Å². The van der Waals surface area contributed by atoms with Crippen molar-refractivity contribution in [1.29, 1.82) is 0 Å². The number of H-pyrrole nitrogens is 1. The molecule has 34 heavy (non-hydrogen) atoms. The summed E-state index contributed by atoms with van der Waals surface area (Å²) < 4.78 is 1.79. The van der Waals surface area contributed by atoms with Gasteiger partial charge in [0.05, 0.1) is 28.7 Å². The van der Waals surface area contributed by atoms with E-state index in [4.69, 9.17) is 5.73 Å². The molecule has 1 amide bonds. The molecule has 1 aromatic carbocycles. The molecule has 0 atom stereocenters. The second-order valence-corrected chi connectivity index (χ2v) is 9.06. The summed E-state index contributed by atoms with van der Waals surface area (Å²) in [4.78, 5) is 21.2. The Kier molecular flexibility index (Phi) is 6.42. The predicted octanol–water partition coefficient (Wildman–Crippen LogP) is 3.26. The number of anilines is 2. The van der Waals surface area contributed by atoms with E-state index < -0.39 is 0 Å². The Bertz CT molecular complexity index is 1300. The molecule has 10 nitrogen and oxygen atoms in total. The van der Waals surface area contributed by atoms with Gasteiger partial charge in [-0.2, -0.15) is 10.2 Å². The summed E-state index contributed by atoms with van der Waals surface area (Å²) in [5.41, 5.74) is 10.6. The number of rotatable bonds is 7. The van der Waals surface area contributed by atoms with Crippen LogP contribution in [0.1, 0.15) is 48.0 Å². The van der Waals surface area contributed by atoms with Gasteiger partial charge in [0.2, 0.25) is 0 Å². The Balaban J connectivity index is 1.43. The van der Waals surface area contributed by atoms with E-state index in [-0.39, 0.29) is 11.4 Å². The largest absolute Gasteiger partial charge is 0.348 e. The third-order valence-electron chi connectivity index (χ3n) is 5.38. The molecule has 0 saturated heterocycles. The highest BCUT2D eigenvalue weighted by atomic mass is 16.1. The standard InChI is InChI=1S/C24H29N9O/c1-15-7-16(20-9-21(28-14-27-20)30-22-8-19(10-25)31-32-22)5-6-17(15)11-26-23(34)18-12-29-33(13-18)24(2,3)4/h5-9,12-14H,10-11,25H2,1-4H3,(H,26,34)(H2,27,28,30,31,32). The summed E-state index contributed by atoms with van der Waals surface area (Å²) in [6, 6.07) is 9.73. The molecule has 0 aliphatic heterocycles. The number of carbonyl (C=O) groups is 1. The Labute approximate surface area is 198 Å². The predicted molar refractivity (Wildman–Crippen MR) is 130 cm³/mol. The van der Waals surface area contributed by atoms with Gasteiger partial charge >= 0.3 is 0 Å². The fraction of sp³-hybridized carbons (Fsp3) is 0.292. The SMILES string of the molecule is Cc1cc(-c2cc(Nc3cc(CN)[nH]n3)ncn2)ccc1CNC(=O)c1cnn(C(C)(C)C)c1. The summed E-state index contributed by atoms with van der Waals surface area (Å²) >= 11 is 0. The molecule has 0 saturated carbocycles. The minimum Gasteiger partial charge on any atom is -0.348 e. The zero-order chi connectivity index (χ0) is 24.3. The molecule has 0 bridgehead atoms. The van der Waals surface area contributed by atoms with Gasteiger partial charge in [0.25, 0.3) is 5.91 Å². The smallest absolute Gasteiger partial charge is 0.254 e. The van der Waals surface area contributed by atoms with Gasteiger partial charge in [-0.3, -0.25) is 14.6 Å². The van der Waals surface area contributed by atoms with Gasteiger partial charge in [-0.15, -0.1) is 0 Å². The number of hydrogen-bond donors (Lipinski definition) is 4. The number of aryl methyl sites for hydroxylation is 1. The number of nitrogens with zero attached hydrogens (tertiary/aromatic N) is 5. The fourth-order valence-corrected chi connectivity index (χ4v) is 3.38. The minimum absolute atomic E-state index is 0.151. The molecule has 0 aliphatic rings. The van der Waals surface area contributed by atoms with Gasteiger partial charge in [-0.1, -0.05) is 12.1 Å². The van der Waals surface area contributed by atoms with Gasteiger partial charge in [0, 0.05) is 37.0 Å². The van der Waals surface area contributed by atoms with E-state index in [1.54, 1.807) is 17.1 Å². The first-order chi connectivity index (χ1) is 16.2. The van der Waals surface area contributed by atoms with E-state index in [9.17, 15) is 4.79 Å². The van der Waals surface area contributed by atoms with Crippen LogP contribution < -0.4 is 16.4 Å². The molecule has 0 fully saturated rings. The molecule has 4 aromatic rings. The Morgan fingerprint density at radius 1 is 1.15 bits per heavy atom. The van der Waals surface area contributed by atoms with Crippen molar-refractivity contribution in [1.82, 2.24) is 35.3 Å². The number of amides is 1. The molecule has 0 unspecified atom stereocenters. The molecule has 3 aromatic heterocycles. The first-order valence-corrected chi connectivity index (χ1v) is 11.0. The summed E-state index contributed by atoms with van der Waals surface area (Å²) in [5, 5.41) is 17.4. The van der Waals surface area contributed by atoms with E-state index in [2.05, 4.69) is 35.9 Å². The summed E-state index contributed by atoms with van der Waals surface area (Å²) in [6.07, 6.45) is 4.87. The number of nitrogens with two attached hydrogens (primary N) is 1. The molecule has 5 N–H and O–H groups in total. The molecule has 0 spiro atoms. The highest BCUT2D eigenvalue weighted by Crippen LogP contribution is 2.23. The quantitative estimate of drug-likeness (QED) is 0.333. The Hall–Kier alpha value is -4.05. The van der Waals surface area contributed by atoms with Crippen LogP contribution in [0.5, 0.6) is 0 Å². The zero-order valence-corrected chi connectivity index (χ0v) is 19.8. The topological polar surface area (TPSA) is 139 Å². The van der Waals surface area contributed by atoms with E-state index >= 15 is 0 Å². The first kappa shape index (κ1) is 23.1.